The van der Waals surface area contributed by atoms with E-state index in [1.807, 2.05) is 0 Å². The molecule has 0 amide bonds. The smallest absolute Gasteiger partial charge is 0.160 e. The van der Waals surface area contributed by atoms with E-state index in [0.717, 1.165) is 9.26 Å². The van der Waals surface area contributed by atoms with Crippen molar-refractivity contribution in [3.63, 3.8) is 0 Å². The van der Waals surface area contributed by atoms with Crippen molar-refractivity contribution < 1.29 is 9.47 Å². The predicted molar refractivity (Wildman–Crippen MR) is 86.2 cm³/mol. The maximum absolute atomic E-state index is 6.00. The third-order valence-electron chi connectivity index (χ3n) is 3.83. The molecule has 1 aromatic rings. The quantitative estimate of drug-likeness (QED) is 0.782. The van der Waals surface area contributed by atoms with Crippen LogP contribution in [0.3, 0.4) is 0 Å². The first-order chi connectivity index (χ1) is 9.67. The second kappa shape index (κ2) is 7.51. The molecule has 0 aliphatic heterocycles. The van der Waals surface area contributed by atoms with Gasteiger partial charge in [-0.15, -0.1) is 0 Å². The Balaban J connectivity index is 2.28. The second-order valence-corrected chi connectivity index (χ2v) is 6.29. The molecule has 1 heterocycles. The summed E-state index contributed by atoms with van der Waals surface area (Å²) in [6.07, 6.45) is 6.12. The molecule has 20 heavy (non-hydrogen) atoms. The van der Waals surface area contributed by atoms with Crippen molar-refractivity contribution in [1.82, 2.24) is 9.97 Å². The first kappa shape index (κ1) is 15.9. The number of nitrogens with two attached hydrogens (primary N) is 1. The molecule has 1 unspecified atom stereocenters. The number of halogens is 1. The fourth-order valence-electron chi connectivity index (χ4n) is 2.84. The number of anilines is 1. The molecule has 1 fully saturated rings. The highest BCUT2D eigenvalue weighted by molar-refractivity contribution is 14.1. The molecule has 112 valence electrons. The number of hydrogen-bond acceptors (Lipinski definition) is 5. The van der Waals surface area contributed by atoms with E-state index < -0.39 is 0 Å². The Hall–Kier alpha value is -0.470. The van der Waals surface area contributed by atoms with Crippen LogP contribution in [0.15, 0.2) is 0 Å². The molecule has 2 N–H and O–H groups in total. The lowest BCUT2D eigenvalue weighted by Gasteiger charge is -2.28. The highest BCUT2D eigenvalue weighted by Crippen LogP contribution is 2.36. The average molecular weight is 391 g/mol. The Bertz CT molecular complexity index is 450. The number of ether oxygens (including phenoxy) is 2. The number of rotatable bonds is 5. The van der Waals surface area contributed by atoms with E-state index in [4.69, 9.17) is 15.2 Å². The van der Waals surface area contributed by atoms with Gasteiger partial charge in [0.1, 0.15) is 11.9 Å². The van der Waals surface area contributed by atoms with Crippen molar-refractivity contribution in [2.24, 2.45) is 5.92 Å². The first-order valence-electron chi connectivity index (χ1n) is 7.01. The average Bonchev–Trinajstić information content (AvgIpc) is 2.46. The van der Waals surface area contributed by atoms with Crippen LogP contribution in [0.1, 0.15) is 49.7 Å². The van der Waals surface area contributed by atoms with Gasteiger partial charge in [-0.1, -0.05) is 19.3 Å². The van der Waals surface area contributed by atoms with Gasteiger partial charge < -0.3 is 15.2 Å². The minimum atomic E-state index is -0.0646. The lowest BCUT2D eigenvalue weighted by Crippen LogP contribution is -2.22. The molecule has 0 spiro atoms. The summed E-state index contributed by atoms with van der Waals surface area (Å²) in [5, 5.41) is 0. The molecule has 1 atom stereocenters. The highest BCUT2D eigenvalue weighted by Gasteiger charge is 2.28. The summed E-state index contributed by atoms with van der Waals surface area (Å²) in [4.78, 5) is 9.06. The maximum Gasteiger partial charge on any atom is 0.160 e. The zero-order valence-corrected chi connectivity index (χ0v) is 14.2. The summed E-state index contributed by atoms with van der Waals surface area (Å²) in [7, 11) is 3.38. The summed E-state index contributed by atoms with van der Waals surface area (Å²) in [6, 6.07) is 0. The lowest BCUT2D eigenvalue weighted by atomic mass is 9.85. The van der Waals surface area contributed by atoms with Gasteiger partial charge in [0.05, 0.1) is 15.9 Å². The molecule has 1 aromatic heterocycles. The van der Waals surface area contributed by atoms with E-state index in [9.17, 15) is 0 Å². The van der Waals surface area contributed by atoms with Gasteiger partial charge in [-0.05, 0) is 41.4 Å². The largest absolute Gasteiger partial charge is 0.383 e. The summed E-state index contributed by atoms with van der Waals surface area (Å²) in [6.45, 7) is 0.444. The van der Waals surface area contributed by atoms with Gasteiger partial charge >= 0.3 is 0 Å². The van der Waals surface area contributed by atoms with Crippen LogP contribution >= 0.6 is 22.6 Å². The number of nitrogens with zero attached hydrogens (tertiary/aromatic N) is 2. The van der Waals surface area contributed by atoms with Crippen LogP contribution in [0, 0.1) is 9.49 Å². The minimum absolute atomic E-state index is 0.0646. The predicted octanol–water partition coefficient (Wildman–Crippen LogP) is 3.08. The van der Waals surface area contributed by atoms with Crippen LogP contribution in [0.5, 0.6) is 0 Å². The Labute approximate surface area is 133 Å². The third-order valence-corrected chi connectivity index (χ3v) is 5.01. The van der Waals surface area contributed by atoms with Crippen molar-refractivity contribution in [3.8, 4) is 0 Å². The number of hydrogen-bond donors (Lipinski definition) is 1. The Morgan fingerprint density at radius 2 is 1.95 bits per heavy atom. The molecule has 1 saturated carbocycles. The topological polar surface area (TPSA) is 70.3 Å². The number of methoxy groups -OCH3 is 2. The van der Waals surface area contributed by atoms with E-state index in [2.05, 4.69) is 32.6 Å². The van der Waals surface area contributed by atoms with Crippen LogP contribution in [-0.4, -0.2) is 24.2 Å². The fraction of sp³-hybridized carbons (Fsp3) is 0.714. The van der Waals surface area contributed by atoms with Gasteiger partial charge in [-0.3, -0.25) is 0 Å². The van der Waals surface area contributed by atoms with Crippen LogP contribution in [0.2, 0.25) is 0 Å². The molecular weight excluding hydrogens is 369 g/mol. The van der Waals surface area contributed by atoms with E-state index in [0.29, 0.717) is 24.2 Å². The molecule has 5 nitrogen and oxygen atoms in total. The monoisotopic (exact) mass is 391 g/mol. The normalized spacial score (nSPS) is 18.1. The van der Waals surface area contributed by atoms with Crippen LogP contribution in [0.4, 0.5) is 5.82 Å². The van der Waals surface area contributed by atoms with E-state index in [-0.39, 0.29) is 6.10 Å². The van der Waals surface area contributed by atoms with Crippen molar-refractivity contribution in [2.45, 2.75) is 44.8 Å². The van der Waals surface area contributed by atoms with E-state index >= 15 is 0 Å². The Morgan fingerprint density at radius 1 is 1.25 bits per heavy atom. The third kappa shape index (κ3) is 3.59. The van der Waals surface area contributed by atoms with Gasteiger partial charge in [-0.25, -0.2) is 9.97 Å². The number of nitrogen functional groups attached to an aromatic ring is 1. The van der Waals surface area contributed by atoms with E-state index in [1.165, 1.54) is 32.1 Å². The SMILES string of the molecule is COCc1nc(C(OC)C2CCCCC2)nc(N)c1I. The Kier molecular flexibility index (Phi) is 5.98. The molecule has 0 saturated heterocycles. The molecule has 2 rings (SSSR count). The number of aromatic nitrogens is 2. The van der Waals surface area contributed by atoms with Crippen LogP contribution < -0.4 is 5.73 Å². The molecule has 0 aromatic carbocycles. The second-order valence-electron chi connectivity index (χ2n) is 5.22. The van der Waals surface area contributed by atoms with E-state index in [1.54, 1.807) is 14.2 Å². The van der Waals surface area contributed by atoms with Crippen molar-refractivity contribution in [2.75, 3.05) is 20.0 Å². The first-order valence-corrected chi connectivity index (χ1v) is 8.08. The minimum Gasteiger partial charge on any atom is -0.383 e. The zero-order chi connectivity index (χ0) is 14.5. The summed E-state index contributed by atoms with van der Waals surface area (Å²) >= 11 is 2.16. The maximum atomic E-state index is 6.00. The van der Waals surface area contributed by atoms with Crippen LogP contribution in [-0.2, 0) is 16.1 Å². The molecule has 1 aliphatic carbocycles. The molecule has 1 aliphatic rings. The highest BCUT2D eigenvalue weighted by atomic mass is 127. The Morgan fingerprint density at radius 3 is 2.55 bits per heavy atom. The van der Waals surface area contributed by atoms with Gasteiger partial charge in [-0.2, -0.15) is 0 Å². The lowest BCUT2D eigenvalue weighted by molar-refractivity contribution is 0.0285. The standard InChI is InChI=1S/C14H22IN3O2/c1-19-8-10-11(15)13(16)18-14(17-10)12(20-2)9-6-4-3-5-7-9/h9,12H,3-8H2,1-2H3,(H2,16,17,18). The summed E-state index contributed by atoms with van der Waals surface area (Å²) < 4.78 is 11.7. The fourth-order valence-corrected chi connectivity index (χ4v) is 3.23. The van der Waals surface area contributed by atoms with Crippen molar-refractivity contribution in [3.05, 3.63) is 15.1 Å². The van der Waals surface area contributed by atoms with Crippen molar-refractivity contribution >= 4 is 28.4 Å². The molecule has 0 radical (unpaired) electrons. The zero-order valence-electron chi connectivity index (χ0n) is 12.1. The van der Waals surface area contributed by atoms with Gasteiger partial charge in [0, 0.05) is 14.2 Å². The molecular formula is C14H22IN3O2. The summed E-state index contributed by atoms with van der Waals surface area (Å²) in [5.74, 6) is 1.70. The summed E-state index contributed by atoms with van der Waals surface area (Å²) in [5.41, 5.74) is 6.85. The van der Waals surface area contributed by atoms with Crippen LogP contribution in [0.25, 0.3) is 0 Å². The molecule has 6 heteroatoms. The van der Waals surface area contributed by atoms with Crippen molar-refractivity contribution in [1.29, 1.82) is 0 Å². The van der Waals surface area contributed by atoms with Gasteiger partial charge in [0.25, 0.3) is 0 Å². The van der Waals surface area contributed by atoms with Gasteiger partial charge in [0.15, 0.2) is 5.82 Å². The van der Waals surface area contributed by atoms with Gasteiger partial charge in [0.2, 0.25) is 0 Å². The molecule has 0 bridgehead atoms.